The molecule has 0 radical (unpaired) electrons. The van der Waals surface area contributed by atoms with Crippen molar-refractivity contribution in [3.05, 3.63) is 46.4 Å². The number of furan rings is 1. The Morgan fingerprint density at radius 2 is 2.12 bits per heavy atom. The predicted molar refractivity (Wildman–Crippen MR) is 66.3 cm³/mol. The van der Waals surface area contributed by atoms with E-state index in [1.54, 1.807) is 12.3 Å². The highest BCUT2D eigenvalue weighted by Crippen LogP contribution is 2.31. The lowest BCUT2D eigenvalue weighted by atomic mass is 9.99. The highest BCUT2D eigenvalue weighted by atomic mass is 16.3. The number of hydrogen-bond donors (Lipinski definition) is 0. The second-order valence-electron chi connectivity index (χ2n) is 4.56. The third-order valence-electron chi connectivity index (χ3n) is 3.61. The Bertz CT molecular complexity index is 795. The average molecular weight is 225 g/mol. The zero-order valence-electron chi connectivity index (χ0n) is 9.27. The SMILES string of the molecule is O=c1ccc2c3ccoc3cc3c2n1CCC3. The van der Waals surface area contributed by atoms with E-state index < -0.39 is 0 Å². The van der Waals surface area contributed by atoms with Crippen LogP contribution < -0.4 is 5.56 Å². The first kappa shape index (κ1) is 9.05. The zero-order chi connectivity index (χ0) is 11.4. The molecule has 1 aliphatic heterocycles. The fourth-order valence-electron chi connectivity index (χ4n) is 2.86. The maximum Gasteiger partial charge on any atom is 0.251 e. The van der Waals surface area contributed by atoms with Gasteiger partial charge in [0.05, 0.1) is 11.8 Å². The molecule has 0 spiro atoms. The Morgan fingerprint density at radius 1 is 1.18 bits per heavy atom. The minimum absolute atomic E-state index is 0.0984. The largest absolute Gasteiger partial charge is 0.464 e. The van der Waals surface area contributed by atoms with E-state index >= 15 is 0 Å². The summed E-state index contributed by atoms with van der Waals surface area (Å²) < 4.78 is 7.36. The maximum atomic E-state index is 11.9. The van der Waals surface area contributed by atoms with Gasteiger partial charge in [-0.2, -0.15) is 0 Å². The Labute approximate surface area is 97.3 Å². The van der Waals surface area contributed by atoms with Crippen LogP contribution in [0.2, 0.25) is 0 Å². The van der Waals surface area contributed by atoms with Crippen molar-refractivity contribution in [1.82, 2.24) is 4.57 Å². The molecule has 0 fully saturated rings. The molecule has 0 unspecified atom stereocenters. The number of aryl methyl sites for hydroxylation is 2. The first-order valence-corrected chi connectivity index (χ1v) is 5.87. The summed E-state index contributed by atoms with van der Waals surface area (Å²) in [7, 11) is 0. The van der Waals surface area contributed by atoms with Crippen LogP contribution in [-0.4, -0.2) is 4.57 Å². The van der Waals surface area contributed by atoms with Crippen molar-refractivity contribution in [3.63, 3.8) is 0 Å². The number of hydrogen-bond acceptors (Lipinski definition) is 2. The van der Waals surface area contributed by atoms with Gasteiger partial charge in [0.1, 0.15) is 5.58 Å². The Hall–Kier alpha value is -2.03. The quantitative estimate of drug-likeness (QED) is 0.589. The van der Waals surface area contributed by atoms with Crippen molar-refractivity contribution < 1.29 is 4.42 Å². The number of fused-ring (bicyclic) bond motifs is 2. The molecule has 3 heteroatoms. The van der Waals surface area contributed by atoms with Crippen LogP contribution in [-0.2, 0) is 13.0 Å². The van der Waals surface area contributed by atoms with Crippen LogP contribution in [0.5, 0.6) is 0 Å². The van der Waals surface area contributed by atoms with Crippen LogP contribution in [0.4, 0.5) is 0 Å². The second-order valence-corrected chi connectivity index (χ2v) is 4.56. The summed E-state index contributed by atoms with van der Waals surface area (Å²) in [6.07, 6.45) is 3.76. The molecule has 3 aromatic rings. The van der Waals surface area contributed by atoms with Crippen molar-refractivity contribution >= 4 is 21.9 Å². The molecule has 3 heterocycles. The van der Waals surface area contributed by atoms with Crippen LogP contribution in [0.25, 0.3) is 21.9 Å². The minimum atomic E-state index is 0.0984. The molecule has 0 N–H and O–H groups in total. The van der Waals surface area contributed by atoms with Crippen LogP contribution in [0.15, 0.2) is 39.7 Å². The monoisotopic (exact) mass is 225 g/mol. The minimum Gasteiger partial charge on any atom is -0.464 e. The number of aromatic nitrogens is 1. The van der Waals surface area contributed by atoms with Gasteiger partial charge in [-0.15, -0.1) is 0 Å². The number of benzene rings is 1. The Morgan fingerprint density at radius 3 is 3.06 bits per heavy atom. The molecule has 0 saturated heterocycles. The van der Waals surface area contributed by atoms with Gasteiger partial charge in [-0.3, -0.25) is 4.79 Å². The maximum absolute atomic E-state index is 11.9. The highest BCUT2D eigenvalue weighted by Gasteiger charge is 2.16. The molecule has 0 amide bonds. The molecule has 0 bridgehead atoms. The molecule has 84 valence electrons. The van der Waals surface area contributed by atoms with E-state index in [0.29, 0.717) is 0 Å². The lowest BCUT2D eigenvalue weighted by Crippen LogP contribution is -2.23. The van der Waals surface area contributed by atoms with Crippen molar-refractivity contribution in [2.45, 2.75) is 19.4 Å². The van der Waals surface area contributed by atoms with Crippen LogP contribution in [0, 0.1) is 0 Å². The molecule has 3 nitrogen and oxygen atoms in total. The van der Waals surface area contributed by atoms with Gasteiger partial charge in [-0.25, -0.2) is 0 Å². The molecule has 0 aliphatic carbocycles. The zero-order valence-corrected chi connectivity index (χ0v) is 9.27. The first-order chi connectivity index (χ1) is 8.34. The summed E-state index contributed by atoms with van der Waals surface area (Å²) in [5, 5.41) is 2.23. The smallest absolute Gasteiger partial charge is 0.251 e. The molecule has 0 saturated carbocycles. The number of pyridine rings is 1. The van der Waals surface area contributed by atoms with Crippen LogP contribution >= 0.6 is 0 Å². The van der Waals surface area contributed by atoms with Gasteiger partial charge < -0.3 is 8.98 Å². The third kappa shape index (κ3) is 1.08. The summed E-state index contributed by atoms with van der Waals surface area (Å²) in [6.45, 7) is 0.826. The van der Waals surface area contributed by atoms with Crippen molar-refractivity contribution in [2.75, 3.05) is 0 Å². The van der Waals surface area contributed by atoms with Crippen molar-refractivity contribution in [2.24, 2.45) is 0 Å². The summed E-state index contributed by atoms with van der Waals surface area (Å²) in [5.74, 6) is 0. The molecule has 1 aromatic carbocycles. The predicted octanol–water partition coefficient (Wildman–Crippen LogP) is 2.69. The highest BCUT2D eigenvalue weighted by molar-refractivity contribution is 6.06. The van der Waals surface area contributed by atoms with Crippen LogP contribution in [0.1, 0.15) is 12.0 Å². The van der Waals surface area contributed by atoms with Gasteiger partial charge >= 0.3 is 0 Å². The molecule has 2 aromatic heterocycles. The van der Waals surface area contributed by atoms with E-state index in [1.165, 1.54) is 5.56 Å². The van der Waals surface area contributed by atoms with E-state index in [-0.39, 0.29) is 5.56 Å². The third-order valence-corrected chi connectivity index (χ3v) is 3.61. The fraction of sp³-hybridized carbons (Fsp3) is 0.214. The first-order valence-electron chi connectivity index (χ1n) is 5.87. The van der Waals surface area contributed by atoms with Gasteiger partial charge in [0.25, 0.3) is 5.56 Å². The lowest BCUT2D eigenvalue weighted by Gasteiger charge is -2.19. The van der Waals surface area contributed by atoms with E-state index in [9.17, 15) is 4.79 Å². The van der Waals surface area contributed by atoms with Crippen molar-refractivity contribution in [1.29, 1.82) is 0 Å². The molecule has 1 aliphatic rings. The fourth-order valence-corrected chi connectivity index (χ4v) is 2.86. The van der Waals surface area contributed by atoms with Gasteiger partial charge in [0.15, 0.2) is 0 Å². The summed E-state index contributed by atoms with van der Waals surface area (Å²) in [6, 6.07) is 7.62. The second kappa shape index (κ2) is 3.00. The van der Waals surface area contributed by atoms with E-state index in [4.69, 9.17) is 4.42 Å². The molecular weight excluding hydrogens is 214 g/mol. The van der Waals surface area contributed by atoms with Gasteiger partial charge in [-0.1, -0.05) is 0 Å². The lowest BCUT2D eigenvalue weighted by molar-refractivity contribution is 0.605. The van der Waals surface area contributed by atoms with E-state index in [1.807, 2.05) is 16.7 Å². The molecule has 0 atom stereocenters. The summed E-state index contributed by atoms with van der Waals surface area (Å²) >= 11 is 0. The number of nitrogens with zero attached hydrogens (tertiary/aromatic N) is 1. The Balaban J connectivity index is 2.36. The average Bonchev–Trinajstić information content (AvgIpc) is 2.81. The number of rotatable bonds is 0. The molecule has 17 heavy (non-hydrogen) atoms. The Kier molecular flexibility index (Phi) is 1.60. The topological polar surface area (TPSA) is 35.1 Å². The van der Waals surface area contributed by atoms with Crippen molar-refractivity contribution in [3.8, 4) is 0 Å². The van der Waals surface area contributed by atoms with Gasteiger partial charge in [-0.05, 0) is 36.6 Å². The molecule has 4 rings (SSSR count). The van der Waals surface area contributed by atoms with Crippen LogP contribution in [0.3, 0.4) is 0 Å². The standard InChI is InChI=1S/C14H11NO2/c16-13-4-3-11-10-5-7-17-12(10)8-9-2-1-6-15(13)14(9)11/h3-5,7-8H,1-2,6H2. The van der Waals surface area contributed by atoms with E-state index in [0.717, 1.165) is 41.3 Å². The normalized spacial score (nSPS) is 14.6. The summed E-state index contributed by atoms with van der Waals surface area (Å²) in [5.41, 5.74) is 3.34. The summed E-state index contributed by atoms with van der Waals surface area (Å²) in [4.78, 5) is 11.9. The van der Waals surface area contributed by atoms with Gasteiger partial charge in [0, 0.05) is 23.4 Å². The molecular formula is C14H11NO2. The van der Waals surface area contributed by atoms with Gasteiger partial charge in [0.2, 0.25) is 0 Å². The van der Waals surface area contributed by atoms with E-state index in [2.05, 4.69) is 6.07 Å².